The summed E-state index contributed by atoms with van der Waals surface area (Å²) in [6.45, 7) is 5.15. The zero-order valence-electron chi connectivity index (χ0n) is 14.7. The van der Waals surface area contributed by atoms with E-state index in [9.17, 15) is 4.79 Å². The molecule has 0 spiro atoms. The Bertz CT molecular complexity index is 648. The Morgan fingerprint density at radius 2 is 1.32 bits per heavy atom. The number of rotatable bonds is 9. The maximum absolute atomic E-state index is 10.8. The number of hydrogen-bond acceptors (Lipinski definition) is 3. The first kappa shape index (κ1) is 18.6. The maximum atomic E-state index is 10.8. The van der Waals surface area contributed by atoms with Gasteiger partial charge in [0.15, 0.2) is 0 Å². The summed E-state index contributed by atoms with van der Waals surface area (Å²) in [7, 11) is 0. The molecule has 0 aromatic heterocycles. The number of aliphatic carboxylic acids is 1. The summed E-state index contributed by atoms with van der Waals surface area (Å²) in [6.07, 6.45) is 2.56. The molecule has 2 aromatic carbocycles. The third-order valence-electron chi connectivity index (χ3n) is 3.66. The van der Waals surface area contributed by atoms with Gasteiger partial charge >= 0.3 is 5.97 Å². The van der Waals surface area contributed by atoms with Gasteiger partial charge in [0.05, 0.1) is 13.2 Å². The first-order chi connectivity index (χ1) is 12.1. The molecule has 0 aliphatic heterocycles. The molecule has 0 heterocycles. The van der Waals surface area contributed by atoms with Crippen molar-refractivity contribution in [2.45, 2.75) is 26.7 Å². The summed E-state index contributed by atoms with van der Waals surface area (Å²) >= 11 is 0. The Kier molecular flexibility index (Phi) is 7.08. The van der Waals surface area contributed by atoms with E-state index in [2.05, 4.69) is 0 Å². The van der Waals surface area contributed by atoms with E-state index in [1.165, 1.54) is 0 Å². The van der Waals surface area contributed by atoms with Crippen LogP contribution in [0, 0.1) is 0 Å². The van der Waals surface area contributed by atoms with Crippen molar-refractivity contribution in [2.24, 2.45) is 0 Å². The molecule has 4 heteroatoms. The largest absolute Gasteiger partial charge is 0.494 e. The van der Waals surface area contributed by atoms with Crippen LogP contribution in [0.1, 0.15) is 37.8 Å². The second-order valence-corrected chi connectivity index (χ2v) is 5.46. The van der Waals surface area contributed by atoms with E-state index in [0.717, 1.165) is 28.2 Å². The van der Waals surface area contributed by atoms with Gasteiger partial charge in [0.2, 0.25) is 0 Å². The Hall–Kier alpha value is -2.75. The standard InChI is InChI=1S/C21H24O4/c1-3-24-18-12-8-16(9-13-18)20(6-5-7-21(22)23)17-10-14-19(15-11-17)25-4-2/h6,8-15H,3-5,7H2,1-2H3,(H,22,23). The van der Waals surface area contributed by atoms with Crippen molar-refractivity contribution in [3.05, 3.63) is 65.7 Å². The normalized spacial score (nSPS) is 10.2. The number of carbonyl (C=O) groups is 1. The molecule has 0 amide bonds. The van der Waals surface area contributed by atoms with Gasteiger partial charge in [-0.25, -0.2) is 0 Å². The van der Waals surface area contributed by atoms with Crippen LogP contribution >= 0.6 is 0 Å². The average Bonchev–Trinajstić information content (AvgIpc) is 2.61. The highest BCUT2D eigenvalue weighted by Gasteiger charge is 2.07. The van der Waals surface area contributed by atoms with Crippen molar-refractivity contribution in [1.82, 2.24) is 0 Å². The number of benzene rings is 2. The Morgan fingerprint density at radius 3 is 1.68 bits per heavy atom. The van der Waals surface area contributed by atoms with Gasteiger partial charge in [0, 0.05) is 6.42 Å². The summed E-state index contributed by atoms with van der Waals surface area (Å²) in [5.41, 5.74) is 3.06. The Balaban J connectivity index is 2.30. The molecule has 2 aromatic rings. The van der Waals surface area contributed by atoms with Crippen LogP contribution < -0.4 is 9.47 Å². The first-order valence-electron chi connectivity index (χ1n) is 8.52. The molecule has 0 radical (unpaired) electrons. The second-order valence-electron chi connectivity index (χ2n) is 5.46. The van der Waals surface area contributed by atoms with E-state index in [1.807, 2.05) is 68.5 Å². The molecule has 0 aliphatic carbocycles. The lowest BCUT2D eigenvalue weighted by Gasteiger charge is -2.11. The molecule has 0 saturated heterocycles. The third kappa shape index (κ3) is 5.68. The van der Waals surface area contributed by atoms with Gasteiger partial charge in [-0.2, -0.15) is 0 Å². The number of hydrogen-bond donors (Lipinski definition) is 1. The minimum atomic E-state index is -0.797. The SMILES string of the molecule is CCOc1ccc(C(=CCCC(=O)O)c2ccc(OCC)cc2)cc1. The van der Waals surface area contributed by atoms with Crippen LogP contribution in [0.5, 0.6) is 11.5 Å². The lowest BCUT2D eigenvalue weighted by atomic mass is 9.96. The van der Waals surface area contributed by atoms with Crippen LogP contribution in [0.3, 0.4) is 0 Å². The van der Waals surface area contributed by atoms with Gasteiger partial charge in [-0.15, -0.1) is 0 Å². The number of carboxylic acids is 1. The summed E-state index contributed by atoms with van der Waals surface area (Å²) in [5, 5.41) is 8.90. The summed E-state index contributed by atoms with van der Waals surface area (Å²) < 4.78 is 11.0. The zero-order chi connectivity index (χ0) is 18.1. The number of allylic oxidation sites excluding steroid dienone is 1. The molecular formula is C21H24O4. The minimum absolute atomic E-state index is 0.109. The zero-order valence-corrected chi connectivity index (χ0v) is 14.7. The second kappa shape index (κ2) is 9.52. The smallest absolute Gasteiger partial charge is 0.303 e. The van der Waals surface area contributed by atoms with Crippen LogP contribution in [0.4, 0.5) is 0 Å². The molecule has 1 N–H and O–H groups in total. The van der Waals surface area contributed by atoms with E-state index in [0.29, 0.717) is 19.6 Å². The Labute approximate surface area is 148 Å². The van der Waals surface area contributed by atoms with Gasteiger partial charge in [-0.3, -0.25) is 4.79 Å². The molecule has 0 unspecified atom stereocenters. The molecule has 0 bridgehead atoms. The minimum Gasteiger partial charge on any atom is -0.494 e. The molecule has 25 heavy (non-hydrogen) atoms. The lowest BCUT2D eigenvalue weighted by Crippen LogP contribution is -1.95. The monoisotopic (exact) mass is 340 g/mol. The maximum Gasteiger partial charge on any atom is 0.303 e. The molecule has 0 fully saturated rings. The highest BCUT2D eigenvalue weighted by molar-refractivity contribution is 5.80. The van der Waals surface area contributed by atoms with Crippen molar-refractivity contribution >= 4 is 11.5 Å². The average molecular weight is 340 g/mol. The van der Waals surface area contributed by atoms with Crippen molar-refractivity contribution in [2.75, 3.05) is 13.2 Å². The molecule has 0 atom stereocenters. The van der Waals surface area contributed by atoms with Crippen molar-refractivity contribution in [3.63, 3.8) is 0 Å². The van der Waals surface area contributed by atoms with Gasteiger partial charge in [0.1, 0.15) is 11.5 Å². The highest BCUT2D eigenvalue weighted by atomic mass is 16.5. The van der Waals surface area contributed by atoms with Crippen LogP contribution in [0.2, 0.25) is 0 Å². The van der Waals surface area contributed by atoms with Crippen molar-refractivity contribution in [3.8, 4) is 11.5 Å². The quantitative estimate of drug-likeness (QED) is 0.714. The molecule has 0 saturated carbocycles. The fourth-order valence-corrected chi connectivity index (χ4v) is 2.54. The van der Waals surface area contributed by atoms with Crippen LogP contribution in [-0.2, 0) is 4.79 Å². The molecule has 4 nitrogen and oxygen atoms in total. The summed E-state index contributed by atoms with van der Waals surface area (Å²) in [5.74, 6) is 0.847. The van der Waals surface area contributed by atoms with Crippen LogP contribution in [0.25, 0.3) is 5.57 Å². The van der Waals surface area contributed by atoms with Gasteiger partial charge in [-0.1, -0.05) is 30.3 Å². The topological polar surface area (TPSA) is 55.8 Å². The first-order valence-corrected chi connectivity index (χ1v) is 8.52. The number of ether oxygens (including phenoxy) is 2. The lowest BCUT2D eigenvalue weighted by molar-refractivity contribution is -0.136. The predicted molar refractivity (Wildman–Crippen MR) is 99.2 cm³/mol. The van der Waals surface area contributed by atoms with Crippen LogP contribution in [0.15, 0.2) is 54.6 Å². The van der Waals surface area contributed by atoms with E-state index >= 15 is 0 Å². The fourth-order valence-electron chi connectivity index (χ4n) is 2.54. The molecule has 0 aliphatic rings. The molecule has 2 rings (SSSR count). The fraction of sp³-hybridized carbons (Fsp3) is 0.286. The van der Waals surface area contributed by atoms with Crippen molar-refractivity contribution < 1.29 is 19.4 Å². The summed E-state index contributed by atoms with van der Waals surface area (Å²) in [6, 6.07) is 15.7. The van der Waals surface area contributed by atoms with E-state index in [4.69, 9.17) is 14.6 Å². The summed E-state index contributed by atoms with van der Waals surface area (Å²) in [4.78, 5) is 10.8. The van der Waals surface area contributed by atoms with Crippen LogP contribution in [-0.4, -0.2) is 24.3 Å². The van der Waals surface area contributed by atoms with Gasteiger partial charge < -0.3 is 14.6 Å². The van der Waals surface area contributed by atoms with Gasteiger partial charge in [0.25, 0.3) is 0 Å². The number of carboxylic acid groups (broad SMARTS) is 1. The molecule has 132 valence electrons. The Morgan fingerprint density at radius 1 is 0.880 bits per heavy atom. The molecular weight excluding hydrogens is 316 g/mol. The van der Waals surface area contributed by atoms with E-state index in [1.54, 1.807) is 0 Å². The van der Waals surface area contributed by atoms with E-state index < -0.39 is 5.97 Å². The third-order valence-corrected chi connectivity index (χ3v) is 3.66. The highest BCUT2D eigenvalue weighted by Crippen LogP contribution is 2.27. The predicted octanol–water partition coefficient (Wildman–Crippen LogP) is 4.78. The van der Waals surface area contributed by atoms with Gasteiger partial charge in [-0.05, 0) is 61.2 Å². The van der Waals surface area contributed by atoms with Crippen molar-refractivity contribution in [1.29, 1.82) is 0 Å². The van der Waals surface area contributed by atoms with E-state index in [-0.39, 0.29) is 6.42 Å².